The number of rotatable bonds is 12. The van der Waals surface area contributed by atoms with Crippen molar-refractivity contribution in [2.24, 2.45) is 0 Å². The molecule has 0 aromatic heterocycles. The number of ether oxygens (including phenoxy) is 1. The van der Waals surface area contributed by atoms with Gasteiger partial charge in [-0.15, -0.1) is 0 Å². The zero-order chi connectivity index (χ0) is 26.2. The maximum absolute atomic E-state index is 13.6. The van der Waals surface area contributed by atoms with E-state index in [1.54, 1.807) is 13.0 Å². The third-order valence-corrected chi connectivity index (χ3v) is 7.18. The highest BCUT2D eigenvalue weighted by Gasteiger charge is 2.31. The lowest BCUT2D eigenvalue weighted by molar-refractivity contribution is -0.139. The molecule has 2 amide bonds. The van der Waals surface area contributed by atoms with Crippen LogP contribution in [0.5, 0.6) is 5.75 Å². The standard InChI is InChI=1S/C24H31BrClN3O5S/c1-5-6-12-27-24(31)17(2)28(15-18-8-7-9-19(25)13-18)23(30)16-29(35(4,32)33)21-14-20(26)10-11-22(21)34-3/h7-11,13-14,17H,5-6,12,15-16H2,1-4H3,(H,27,31)/t17-/m1/s1. The van der Waals surface area contributed by atoms with Crippen molar-refractivity contribution in [3.05, 3.63) is 57.5 Å². The minimum Gasteiger partial charge on any atom is -0.495 e. The highest BCUT2D eigenvalue weighted by atomic mass is 79.9. The van der Waals surface area contributed by atoms with Crippen molar-refractivity contribution < 1.29 is 22.7 Å². The van der Waals surface area contributed by atoms with E-state index in [4.69, 9.17) is 16.3 Å². The van der Waals surface area contributed by atoms with Gasteiger partial charge in [0.05, 0.1) is 19.1 Å². The number of nitrogens with zero attached hydrogens (tertiary/aromatic N) is 2. The summed E-state index contributed by atoms with van der Waals surface area (Å²) in [7, 11) is -2.50. The molecule has 2 aromatic carbocycles. The van der Waals surface area contributed by atoms with Gasteiger partial charge >= 0.3 is 0 Å². The smallest absolute Gasteiger partial charge is 0.244 e. The molecule has 0 heterocycles. The lowest BCUT2D eigenvalue weighted by Crippen LogP contribution is -2.51. The summed E-state index contributed by atoms with van der Waals surface area (Å²) in [4.78, 5) is 27.8. The van der Waals surface area contributed by atoms with Crippen LogP contribution in [-0.4, -0.2) is 57.6 Å². The SMILES string of the molecule is CCCCNC(=O)[C@@H](C)N(Cc1cccc(Br)c1)C(=O)CN(c1cc(Cl)ccc1OC)S(C)(=O)=O. The topological polar surface area (TPSA) is 96.0 Å². The average molecular weight is 589 g/mol. The van der Waals surface area contributed by atoms with Crippen molar-refractivity contribution in [1.29, 1.82) is 0 Å². The number of carbonyl (C=O) groups excluding carboxylic acids is 2. The molecule has 0 spiro atoms. The van der Waals surface area contributed by atoms with Crippen LogP contribution in [0.3, 0.4) is 0 Å². The maximum Gasteiger partial charge on any atom is 0.244 e. The fourth-order valence-electron chi connectivity index (χ4n) is 3.40. The number of methoxy groups -OCH3 is 1. The molecule has 0 aliphatic heterocycles. The summed E-state index contributed by atoms with van der Waals surface area (Å²) in [6.45, 7) is 3.72. The van der Waals surface area contributed by atoms with E-state index in [0.717, 1.165) is 33.4 Å². The number of halogens is 2. The van der Waals surface area contributed by atoms with E-state index in [1.807, 2.05) is 31.2 Å². The predicted octanol–water partition coefficient (Wildman–Crippen LogP) is 4.21. The molecule has 1 atom stereocenters. The van der Waals surface area contributed by atoms with Gasteiger partial charge in [-0.05, 0) is 49.2 Å². The van der Waals surface area contributed by atoms with E-state index in [-0.39, 0.29) is 28.9 Å². The number of sulfonamides is 1. The molecule has 0 aliphatic carbocycles. The molecule has 0 fully saturated rings. The van der Waals surface area contributed by atoms with E-state index in [2.05, 4.69) is 21.2 Å². The fourth-order valence-corrected chi connectivity index (χ4v) is 4.86. The van der Waals surface area contributed by atoms with Crippen molar-refractivity contribution in [3.8, 4) is 5.75 Å². The number of nitrogens with one attached hydrogen (secondary N) is 1. The Morgan fingerprint density at radius 2 is 1.91 bits per heavy atom. The molecular weight excluding hydrogens is 558 g/mol. The summed E-state index contributed by atoms with van der Waals surface area (Å²) in [5.74, 6) is -0.611. The Morgan fingerprint density at radius 1 is 1.20 bits per heavy atom. The second kappa shape index (κ2) is 13.1. The molecule has 192 valence electrons. The monoisotopic (exact) mass is 587 g/mol. The highest BCUT2D eigenvalue weighted by Crippen LogP contribution is 2.33. The van der Waals surface area contributed by atoms with E-state index in [0.29, 0.717) is 6.54 Å². The summed E-state index contributed by atoms with van der Waals surface area (Å²) < 4.78 is 32.5. The summed E-state index contributed by atoms with van der Waals surface area (Å²) in [6.07, 6.45) is 2.73. The molecular formula is C24H31BrClN3O5S. The van der Waals surface area contributed by atoms with Gasteiger partial charge in [-0.2, -0.15) is 0 Å². The third kappa shape index (κ3) is 8.40. The number of amides is 2. The van der Waals surface area contributed by atoms with Crippen LogP contribution in [0.2, 0.25) is 5.02 Å². The van der Waals surface area contributed by atoms with Gasteiger partial charge in [-0.25, -0.2) is 8.42 Å². The average Bonchev–Trinajstić information content (AvgIpc) is 2.79. The van der Waals surface area contributed by atoms with Crippen LogP contribution in [-0.2, 0) is 26.2 Å². The molecule has 0 bridgehead atoms. The van der Waals surface area contributed by atoms with Crippen LogP contribution in [0.4, 0.5) is 5.69 Å². The Morgan fingerprint density at radius 3 is 2.51 bits per heavy atom. The normalized spacial score (nSPS) is 12.1. The largest absolute Gasteiger partial charge is 0.495 e. The molecule has 8 nitrogen and oxygen atoms in total. The predicted molar refractivity (Wildman–Crippen MR) is 142 cm³/mol. The number of carbonyl (C=O) groups is 2. The van der Waals surface area contributed by atoms with E-state index < -0.39 is 28.5 Å². The van der Waals surface area contributed by atoms with Crippen LogP contribution in [0, 0.1) is 0 Å². The Hall–Kier alpha value is -2.30. The highest BCUT2D eigenvalue weighted by molar-refractivity contribution is 9.10. The van der Waals surface area contributed by atoms with Gasteiger partial charge in [0.15, 0.2) is 0 Å². The van der Waals surface area contributed by atoms with E-state index in [9.17, 15) is 18.0 Å². The zero-order valence-corrected chi connectivity index (χ0v) is 23.4. The number of anilines is 1. The molecule has 11 heteroatoms. The molecule has 0 saturated carbocycles. The number of hydrogen-bond acceptors (Lipinski definition) is 5. The van der Waals surface area contributed by atoms with Crippen molar-refractivity contribution in [1.82, 2.24) is 10.2 Å². The van der Waals surface area contributed by atoms with Crippen LogP contribution < -0.4 is 14.4 Å². The van der Waals surface area contributed by atoms with Crippen LogP contribution >= 0.6 is 27.5 Å². The molecule has 35 heavy (non-hydrogen) atoms. The van der Waals surface area contributed by atoms with Crippen molar-refractivity contribution in [2.75, 3.05) is 30.8 Å². The summed E-state index contributed by atoms with van der Waals surface area (Å²) in [6, 6.07) is 11.0. The van der Waals surface area contributed by atoms with Crippen LogP contribution in [0.1, 0.15) is 32.3 Å². The van der Waals surface area contributed by atoms with Gasteiger partial charge in [0.1, 0.15) is 18.3 Å². The van der Waals surface area contributed by atoms with E-state index in [1.165, 1.54) is 24.1 Å². The van der Waals surface area contributed by atoms with E-state index >= 15 is 0 Å². The lowest BCUT2D eigenvalue weighted by atomic mass is 10.1. The summed E-state index contributed by atoms with van der Waals surface area (Å²) in [5.41, 5.74) is 0.922. The Labute approximate surface area is 220 Å². The molecule has 2 aromatic rings. The number of hydrogen-bond donors (Lipinski definition) is 1. The lowest BCUT2D eigenvalue weighted by Gasteiger charge is -2.32. The minimum atomic E-state index is -3.90. The first-order chi connectivity index (χ1) is 16.5. The third-order valence-electron chi connectivity index (χ3n) is 5.33. The molecule has 0 saturated heterocycles. The van der Waals surface area contributed by atoms with Crippen molar-refractivity contribution in [3.63, 3.8) is 0 Å². The van der Waals surface area contributed by atoms with Crippen LogP contribution in [0.15, 0.2) is 46.9 Å². The zero-order valence-electron chi connectivity index (χ0n) is 20.3. The Bertz CT molecular complexity index is 1150. The second-order valence-corrected chi connectivity index (χ2v) is 11.3. The molecule has 0 unspecified atom stereocenters. The van der Waals surface area contributed by atoms with Crippen molar-refractivity contribution >= 4 is 55.1 Å². The first-order valence-electron chi connectivity index (χ1n) is 11.1. The van der Waals surface area contributed by atoms with Gasteiger partial charge < -0.3 is 15.0 Å². The van der Waals surface area contributed by atoms with Crippen LogP contribution in [0.25, 0.3) is 0 Å². The van der Waals surface area contributed by atoms with Gasteiger partial charge in [-0.1, -0.05) is 53.0 Å². The van der Waals surface area contributed by atoms with Gasteiger partial charge in [0, 0.05) is 22.6 Å². The Kier molecular flexibility index (Phi) is 10.9. The number of unbranched alkanes of at least 4 members (excludes halogenated alkanes) is 1. The van der Waals surface area contributed by atoms with Gasteiger partial charge in [-0.3, -0.25) is 13.9 Å². The van der Waals surface area contributed by atoms with Gasteiger partial charge in [0.25, 0.3) is 0 Å². The number of benzene rings is 2. The summed E-state index contributed by atoms with van der Waals surface area (Å²) in [5, 5.41) is 3.13. The Balaban J connectivity index is 2.42. The quantitative estimate of drug-likeness (QED) is 0.375. The first kappa shape index (κ1) is 28.9. The van der Waals surface area contributed by atoms with Gasteiger partial charge in [0.2, 0.25) is 21.8 Å². The maximum atomic E-state index is 13.6. The fraction of sp³-hybridized carbons (Fsp3) is 0.417. The molecule has 0 aliphatic rings. The second-order valence-electron chi connectivity index (χ2n) is 8.06. The molecule has 0 radical (unpaired) electrons. The molecule has 1 N–H and O–H groups in total. The molecule has 2 rings (SSSR count). The van der Waals surface area contributed by atoms with Crippen molar-refractivity contribution in [2.45, 2.75) is 39.3 Å². The minimum absolute atomic E-state index is 0.116. The summed E-state index contributed by atoms with van der Waals surface area (Å²) >= 11 is 9.53. The first-order valence-corrected chi connectivity index (χ1v) is 14.1.